The normalized spacial score (nSPS) is 22.1. The van der Waals surface area contributed by atoms with Gasteiger partial charge in [0.1, 0.15) is 0 Å². The summed E-state index contributed by atoms with van der Waals surface area (Å²) in [6.07, 6.45) is 3.88. The van der Waals surface area contributed by atoms with Gasteiger partial charge in [0.15, 0.2) is 5.78 Å². The van der Waals surface area contributed by atoms with E-state index in [1.807, 2.05) is 0 Å². The first-order valence-corrected chi connectivity index (χ1v) is 3.24. The molecule has 1 aliphatic rings. The summed E-state index contributed by atoms with van der Waals surface area (Å²) in [5.41, 5.74) is 1.10. The molecule has 0 bridgehead atoms. The van der Waals surface area contributed by atoms with E-state index < -0.39 is 0 Å². The van der Waals surface area contributed by atoms with E-state index in [-0.39, 0.29) is 5.78 Å². The number of rotatable bonds is 1. The molecule has 0 unspecified atom stereocenters. The Balaban J connectivity index is 2.49. The molecule has 1 N–H and O–H groups in total. The van der Waals surface area contributed by atoms with Crippen molar-refractivity contribution >= 4 is 5.78 Å². The summed E-state index contributed by atoms with van der Waals surface area (Å²) >= 11 is 0. The highest BCUT2D eigenvalue weighted by atomic mass is 16.1. The molecule has 0 aromatic heterocycles. The smallest absolute Gasteiger partial charge is 0.154 e. The molecule has 1 saturated heterocycles. The summed E-state index contributed by atoms with van der Waals surface area (Å²) in [6.45, 7) is 2.60. The fraction of sp³-hybridized carbons (Fsp3) is 0.571. The minimum atomic E-state index is 0.138. The summed E-state index contributed by atoms with van der Waals surface area (Å²) < 4.78 is 0. The Kier molecular flexibility index (Phi) is 1.88. The topological polar surface area (TPSA) is 29.1 Å². The van der Waals surface area contributed by atoms with Crippen LogP contribution in [0.4, 0.5) is 0 Å². The number of hydrogen-bond donors (Lipinski definition) is 1. The monoisotopic (exact) mass is 125 g/mol. The number of allylic oxidation sites excluding steroid dienone is 2. The van der Waals surface area contributed by atoms with Crippen LogP contribution in [0.2, 0.25) is 0 Å². The van der Waals surface area contributed by atoms with Crippen molar-refractivity contribution in [2.75, 3.05) is 6.54 Å². The average molecular weight is 125 g/mol. The van der Waals surface area contributed by atoms with Gasteiger partial charge >= 0.3 is 0 Å². The maximum atomic E-state index is 10.5. The van der Waals surface area contributed by atoms with Crippen molar-refractivity contribution < 1.29 is 4.79 Å². The second kappa shape index (κ2) is 2.67. The molecule has 1 rings (SSSR count). The van der Waals surface area contributed by atoms with E-state index in [1.165, 1.54) is 6.42 Å². The van der Waals surface area contributed by atoms with Gasteiger partial charge in [0.2, 0.25) is 0 Å². The summed E-state index contributed by atoms with van der Waals surface area (Å²) in [5.74, 6) is 0.138. The van der Waals surface area contributed by atoms with Crippen molar-refractivity contribution in [3.8, 4) is 0 Å². The Hall–Kier alpha value is -0.790. The molecule has 0 aromatic rings. The summed E-state index contributed by atoms with van der Waals surface area (Å²) in [7, 11) is 0. The first kappa shape index (κ1) is 6.33. The lowest BCUT2D eigenvalue weighted by atomic mass is 10.3. The highest BCUT2D eigenvalue weighted by molar-refractivity contribution is 5.87. The van der Waals surface area contributed by atoms with Crippen LogP contribution in [0, 0.1) is 0 Å². The molecule has 0 aliphatic carbocycles. The third kappa shape index (κ3) is 1.88. The summed E-state index contributed by atoms with van der Waals surface area (Å²) in [4.78, 5) is 10.5. The number of ketones is 1. The van der Waals surface area contributed by atoms with Crippen molar-refractivity contribution in [1.29, 1.82) is 0 Å². The zero-order chi connectivity index (χ0) is 6.69. The third-order valence-corrected chi connectivity index (χ3v) is 1.35. The molecule has 0 spiro atoms. The van der Waals surface area contributed by atoms with E-state index in [4.69, 9.17) is 0 Å². The van der Waals surface area contributed by atoms with Gasteiger partial charge in [-0.05, 0) is 25.8 Å². The Labute approximate surface area is 54.9 Å². The first-order valence-electron chi connectivity index (χ1n) is 3.24. The number of nitrogens with one attached hydrogen (secondary N) is 1. The van der Waals surface area contributed by atoms with Gasteiger partial charge in [-0.2, -0.15) is 0 Å². The lowest BCUT2D eigenvalue weighted by molar-refractivity contribution is -0.112. The Morgan fingerprint density at radius 2 is 2.56 bits per heavy atom. The van der Waals surface area contributed by atoms with Crippen molar-refractivity contribution in [3.05, 3.63) is 11.8 Å². The van der Waals surface area contributed by atoms with Crippen LogP contribution in [0.3, 0.4) is 0 Å². The van der Waals surface area contributed by atoms with E-state index in [2.05, 4.69) is 5.32 Å². The van der Waals surface area contributed by atoms with Crippen LogP contribution < -0.4 is 5.32 Å². The van der Waals surface area contributed by atoms with Gasteiger partial charge < -0.3 is 5.32 Å². The molecule has 0 radical (unpaired) electrons. The Morgan fingerprint density at radius 1 is 1.78 bits per heavy atom. The minimum absolute atomic E-state index is 0.138. The van der Waals surface area contributed by atoms with Crippen LogP contribution in [-0.4, -0.2) is 12.3 Å². The molecular weight excluding hydrogens is 114 g/mol. The fourth-order valence-corrected chi connectivity index (χ4v) is 0.985. The molecule has 2 heteroatoms. The van der Waals surface area contributed by atoms with Crippen LogP contribution in [0.1, 0.15) is 19.8 Å². The lowest BCUT2D eigenvalue weighted by Gasteiger charge is -1.93. The van der Waals surface area contributed by atoms with Crippen molar-refractivity contribution in [2.24, 2.45) is 0 Å². The largest absolute Gasteiger partial charge is 0.388 e. The number of carbonyl (C=O) groups is 1. The van der Waals surface area contributed by atoms with E-state index in [9.17, 15) is 4.79 Å². The highest BCUT2D eigenvalue weighted by Crippen LogP contribution is 2.07. The molecule has 1 fully saturated rings. The zero-order valence-electron chi connectivity index (χ0n) is 5.61. The standard InChI is InChI=1S/C7H11NO/c1-6(9)5-7-3-2-4-8-7/h5,8H,2-4H2,1H3/b7-5+. The predicted molar refractivity (Wildman–Crippen MR) is 36.0 cm³/mol. The van der Waals surface area contributed by atoms with Crippen LogP contribution in [0.15, 0.2) is 11.8 Å². The van der Waals surface area contributed by atoms with Gasteiger partial charge in [-0.3, -0.25) is 4.79 Å². The highest BCUT2D eigenvalue weighted by Gasteiger charge is 2.04. The van der Waals surface area contributed by atoms with Gasteiger partial charge in [-0.25, -0.2) is 0 Å². The third-order valence-electron chi connectivity index (χ3n) is 1.35. The second-order valence-corrected chi connectivity index (χ2v) is 2.31. The van der Waals surface area contributed by atoms with Gasteiger partial charge in [0, 0.05) is 12.2 Å². The predicted octanol–water partition coefficient (Wildman–Crippen LogP) is 0.843. The Morgan fingerprint density at radius 3 is 3.00 bits per heavy atom. The Bertz CT molecular complexity index is 141. The molecule has 0 atom stereocenters. The quantitative estimate of drug-likeness (QED) is 0.526. The van der Waals surface area contributed by atoms with Crippen LogP contribution in [0.5, 0.6) is 0 Å². The van der Waals surface area contributed by atoms with Gasteiger partial charge in [0.05, 0.1) is 0 Å². The molecule has 0 saturated carbocycles. The van der Waals surface area contributed by atoms with Gasteiger partial charge in [-0.15, -0.1) is 0 Å². The lowest BCUT2D eigenvalue weighted by Crippen LogP contribution is -2.04. The fourth-order valence-electron chi connectivity index (χ4n) is 0.985. The van der Waals surface area contributed by atoms with Crippen LogP contribution in [-0.2, 0) is 4.79 Å². The average Bonchev–Trinajstić information content (AvgIpc) is 2.15. The first-order chi connectivity index (χ1) is 4.29. The molecule has 9 heavy (non-hydrogen) atoms. The van der Waals surface area contributed by atoms with E-state index in [0.29, 0.717) is 0 Å². The van der Waals surface area contributed by atoms with Crippen molar-refractivity contribution in [1.82, 2.24) is 5.32 Å². The van der Waals surface area contributed by atoms with E-state index in [1.54, 1.807) is 13.0 Å². The van der Waals surface area contributed by atoms with E-state index in [0.717, 1.165) is 18.7 Å². The maximum Gasteiger partial charge on any atom is 0.154 e. The van der Waals surface area contributed by atoms with Crippen molar-refractivity contribution in [3.63, 3.8) is 0 Å². The SMILES string of the molecule is CC(=O)/C=C1\CCCN1. The maximum absolute atomic E-state index is 10.5. The molecule has 1 aliphatic heterocycles. The van der Waals surface area contributed by atoms with Gasteiger partial charge in [0.25, 0.3) is 0 Å². The van der Waals surface area contributed by atoms with Gasteiger partial charge in [-0.1, -0.05) is 0 Å². The molecule has 50 valence electrons. The molecule has 0 aromatic carbocycles. The number of hydrogen-bond acceptors (Lipinski definition) is 2. The van der Waals surface area contributed by atoms with Crippen LogP contribution >= 0.6 is 0 Å². The summed E-state index contributed by atoms with van der Waals surface area (Å²) in [5, 5.41) is 3.13. The summed E-state index contributed by atoms with van der Waals surface area (Å²) in [6, 6.07) is 0. The molecule has 1 heterocycles. The second-order valence-electron chi connectivity index (χ2n) is 2.31. The molecule has 2 nitrogen and oxygen atoms in total. The molecule has 0 amide bonds. The minimum Gasteiger partial charge on any atom is -0.388 e. The van der Waals surface area contributed by atoms with Crippen LogP contribution in [0.25, 0.3) is 0 Å². The van der Waals surface area contributed by atoms with E-state index >= 15 is 0 Å². The molecular formula is C7H11NO. The van der Waals surface area contributed by atoms with Crippen molar-refractivity contribution in [2.45, 2.75) is 19.8 Å². The number of carbonyl (C=O) groups excluding carboxylic acids is 1. The zero-order valence-corrected chi connectivity index (χ0v) is 5.61.